The van der Waals surface area contributed by atoms with E-state index in [1.165, 1.54) is 0 Å². The molecule has 1 rings (SSSR count). The van der Waals surface area contributed by atoms with E-state index in [2.05, 4.69) is 5.32 Å². The van der Waals surface area contributed by atoms with Crippen molar-refractivity contribution >= 4 is 0 Å². The van der Waals surface area contributed by atoms with Gasteiger partial charge in [0.15, 0.2) is 0 Å². The van der Waals surface area contributed by atoms with Gasteiger partial charge in [-0.3, -0.25) is 0 Å². The van der Waals surface area contributed by atoms with E-state index in [1.807, 2.05) is 44.2 Å². The fourth-order valence-electron chi connectivity index (χ4n) is 1.57. The van der Waals surface area contributed by atoms with Crippen LogP contribution in [0.15, 0.2) is 30.3 Å². The Bertz CT molecular complexity index is 287. The van der Waals surface area contributed by atoms with Gasteiger partial charge in [0.1, 0.15) is 0 Å². The van der Waals surface area contributed by atoms with Gasteiger partial charge in [-0.2, -0.15) is 0 Å². The number of aliphatic hydroxyl groups excluding tert-OH is 2. The maximum Gasteiger partial charge on any atom is 0.0914 e. The van der Waals surface area contributed by atoms with Gasteiger partial charge in [0.2, 0.25) is 0 Å². The van der Waals surface area contributed by atoms with Crippen LogP contribution in [0.5, 0.6) is 0 Å². The van der Waals surface area contributed by atoms with Crippen LogP contribution in [0.25, 0.3) is 0 Å². The monoisotopic (exact) mass is 223 g/mol. The molecule has 2 unspecified atom stereocenters. The third-order valence-electron chi connectivity index (χ3n) is 2.76. The summed E-state index contributed by atoms with van der Waals surface area (Å²) >= 11 is 0. The van der Waals surface area contributed by atoms with E-state index >= 15 is 0 Å². The number of rotatable bonds is 6. The van der Waals surface area contributed by atoms with Crippen LogP contribution in [0.4, 0.5) is 0 Å². The molecular weight excluding hydrogens is 202 g/mol. The van der Waals surface area contributed by atoms with E-state index in [0.717, 1.165) is 5.56 Å². The highest BCUT2D eigenvalue weighted by Gasteiger charge is 2.14. The fraction of sp³-hybridized carbons (Fsp3) is 0.538. The van der Waals surface area contributed by atoms with Gasteiger partial charge >= 0.3 is 0 Å². The Hall–Kier alpha value is -0.900. The van der Waals surface area contributed by atoms with Crippen molar-refractivity contribution < 1.29 is 10.2 Å². The van der Waals surface area contributed by atoms with Crippen molar-refractivity contribution in [2.45, 2.75) is 26.0 Å². The Morgan fingerprint density at radius 3 is 2.31 bits per heavy atom. The third-order valence-corrected chi connectivity index (χ3v) is 2.76. The standard InChI is InChI=1S/C13H21NO2/c1-10(2)12(9-15)14-8-13(16)11-6-4-3-5-7-11/h3-7,10,12-16H,8-9H2,1-2H3. The van der Waals surface area contributed by atoms with Crippen molar-refractivity contribution in [3.63, 3.8) is 0 Å². The summed E-state index contributed by atoms with van der Waals surface area (Å²) in [5.41, 5.74) is 0.899. The van der Waals surface area contributed by atoms with Crippen LogP contribution in [0, 0.1) is 5.92 Å². The zero-order valence-electron chi connectivity index (χ0n) is 9.93. The molecule has 0 aliphatic heterocycles. The first kappa shape index (κ1) is 13.2. The van der Waals surface area contributed by atoms with E-state index in [9.17, 15) is 5.11 Å². The van der Waals surface area contributed by atoms with Gasteiger partial charge in [-0.05, 0) is 11.5 Å². The summed E-state index contributed by atoms with van der Waals surface area (Å²) in [5.74, 6) is 0.355. The molecule has 0 amide bonds. The predicted octanol–water partition coefficient (Wildman–Crippen LogP) is 1.33. The first-order valence-electron chi connectivity index (χ1n) is 5.72. The average molecular weight is 223 g/mol. The molecule has 0 aliphatic carbocycles. The van der Waals surface area contributed by atoms with Crippen LogP contribution in [-0.2, 0) is 0 Å². The lowest BCUT2D eigenvalue weighted by molar-refractivity contribution is 0.148. The number of benzene rings is 1. The molecule has 0 fully saturated rings. The Morgan fingerprint density at radius 2 is 1.81 bits per heavy atom. The number of hydrogen-bond acceptors (Lipinski definition) is 3. The molecule has 2 atom stereocenters. The number of hydrogen-bond donors (Lipinski definition) is 3. The second kappa shape index (κ2) is 6.63. The molecule has 0 spiro atoms. The van der Waals surface area contributed by atoms with E-state index in [4.69, 9.17) is 5.11 Å². The zero-order valence-corrected chi connectivity index (χ0v) is 9.93. The molecule has 0 aliphatic rings. The highest BCUT2D eigenvalue weighted by atomic mass is 16.3. The third kappa shape index (κ3) is 3.93. The molecule has 3 nitrogen and oxygen atoms in total. The predicted molar refractivity (Wildman–Crippen MR) is 65.1 cm³/mol. The van der Waals surface area contributed by atoms with Crippen molar-refractivity contribution in [1.29, 1.82) is 0 Å². The maximum absolute atomic E-state index is 9.90. The summed E-state index contributed by atoms with van der Waals surface area (Å²) in [4.78, 5) is 0. The lowest BCUT2D eigenvalue weighted by Gasteiger charge is -2.22. The molecule has 0 radical (unpaired) electrons. The summed E-state index contributed by atoms with van der Waals surface area (Å²) in [6, 6.07) is 9.58. The number of nitrogens with one attached hydrogen (secondary N) is 1. The summed E-state index contributed by atoms with van der Waals surface area (Å²) in [6.45, 7) is 4.65. The van der Waals surface area contributed by atoms with Gasteiger partial charge in [-0.1, -0.05) is 44.2 Å². The Balaban J connectivity index is 2.43. The van der Waals surface area contributed by atoms with E-state index in [1.54, 1.807) is 0 Å². The van der Waals surface area contributed by atoms with E-state index in [0.29, 0.717) is 12.5 Å². The van der Waals surface area contributed by atoms with Crippen molar-refractivity contribution in [3.05, 3.63) is 35.9 Å². The smallest absolute Gasteiger partial charge is 0.0914 e. The minimum Gasteiger partial charge on any atom is -0.395 e. The average Bonchev–Trinajstić information content (AvgIpc) is 2.30. The highest BCUT2D eigenvalue weighted by molar-refractivity contribution is 5.17. The van der Waals surface area contributed by atoms with E-state index < -0.39 is 6.10 Å². The van der Waals surface area contributed by atoms with Crippen molar-refractivity contribution in [3.8, 4) is 0 Å². The largest absolute Gasteiger partial charge is 0.395 e. The zero-order chi connectivity index (χ0) is 12.0. The number of aliphatic hydroxyl groups is 2. The summed E-state index contributed by atoms with van der Waals surface area (Å²) < 4.78 is 0. The molecule has 3 N–H and O–H groups in total. The summed E-state index contributed by atoms with van der Waals surface area (Å²) in [7, 11) is 0. The van der Waals surface area contributed by atoms with Crippen LogP contribution >= 0.6 is 0 Å². The SMILES string of the molecule is CC(C)C(CO)NCC(O)c1ccccc1. The van der Waals surface area contributed by atoms with Crippen LogP contribution < -0.4 is 5.32 Å². The highest BCUT2D eigenvalue weighted by Crippen LogP contribution is 2.11. The van der Waals surface area contributed by atoms with Gasteiger partial charge in [-0.25, -0.2) is 0 Å². The molecular formula is C13H21NO2. The molecule has 16 heavy (non-hydrogen) atoms. The van der Waals surface area contributed by atoms with Crippen LogP contribution in [-0.4, -0.2) is 29.4 Å². The van der Waals surface area contributed by atoms with Crippen molar-refractivity contribution in [2.75, 3.05) is 13.2 Å². The molecule has 1 aromatic rings. The van der Waals surface area contributed by atoms with Gasteiger partial charge in [-0.15, -0.1) is 0 Å². The molecule has 0 saturated carbocycles. The molecule has 0 aromatic heterocycles. The first-order chi connectivity index (χ1) is 7.65. The first-order valence-corrected chi connectivity index (χ1v) is 5.72. The fourth-order valence-corrected chi connectivity index (χ4v) is 1.57. The van der Waals surface area contributed by atoms with Gasteiger partial charge < -0.3 is 15.5 Å². The molecule has 90 valence electrons. The molecule has 3 heteroatoms. The lowest BCUT2D eigenvalue weighted by Crippen LogP contribution is -2.39. The lowest BCUT2D eigenvalue weighted by atomic mass is 10.0. The second-order valence-corrected chi connectivity index (χ2v) is 4.37. The molecule has 1 aromatic carbocycles. The molecule has 0 saturated heterocycles. The summed E-state index contributed by atoms with van der Waals surface area (Å²) in [6.07, 6.45) is -0.519. The Morgan fingerprint density at radius 1 is 1.19 bits per heavy atom. The topological polar surface area (TPSA) is 52.5 Å². The van der Waals surface area contributed by atoms with Crippen LogP contribution in [0.1, 0.15) is 25.5 Å². The Labute approximate surface area is 97.1 Å². The maximum atomic E-state index is 9.90. The van der Waals surface area contributed by atoms with Crippen LogP contribution in [0.2, 0.25) is 0 Å². The van der Waals surface area contributed by atoms with E-state index in [-0.39, 0.29) is 12.6 Å². The van der Waals surface area contributed by atoms with Crippen molar-refractivity contribution in [2.24, 2.45) is 5.92 Å². The summed E-state index contributed by atoms with van der Waals surface area (Å²) in [5, 5.41) is 22.2. The van der Waals surface area contributed by atoms with Gasteiger partial charge in [0.25, 0.3) is 0 Å². The van der Waals surface area contributed by atoms with Gasteiger partial charge in [0.05, 0.1) is 12.7 Å². The Kier molecular flexibility index (Phi) is 5.46. The minimum absolute atomic E-state index is 0.0402. The van der Waals surface area contributed by atoms with Crippen molar-refractivity contribution in [1.82, 2.24) is 5.32 Å². The molecule has 0 heterocycles. The quantitative estimate of drug-likeness (QED) is 0.682. The van der Waals surface area contributed by atoms with Crippen LogP contribution in [0.3, 0.4) is 0 Å². The normalized spacial score (nSPS) is 15.1. The second-order valence-electron chi connectivity index (χ2n) is 4.37. The molecule has 0 bridgehead atoms. The van der Waals surface area contributed by atoms with Gasteiger partial charge in [0, 0.05) is 12.6 Å². The minimum atomic E-state index is -0.519.